The van der Waals surface area contributed by atoms with Crippen LogP contribution >= 0.6 is 0 Å². The average Bonchev–Trinajstić information content (AvgIpc) is 2.84. The molecule has 154 valence electrons. The lowest BCUT2D eigenvalue weighted by atomic mass is 10.1. The van der Waals surface area contributed by atoms with Crippen LogP contribution in [0.5, 0.6) is 11.5 Å². The van der Waals surface area contributed by atoms with Gasteiger partial charge in [-0.3, -0.25) is 9.59 Å². The summed E-state index contributed by atoms with van der Waals surface area (Å²) in [6.07, 6.45) is 0.182. The van der Waals surface area contributed by atoms with Crippen molar-refractivity contribution < 1.29 is 23.8 Å². The first-order chi connectivity index (χ1) is 14.0. The van der Waals surface area contributed by atoms with Crippen molar-refractivity contribution in [2.75, 3.05) is 32.7 Å². The van der Waals surface area contributed by atoms with Crippen molar-refractivity contribution in [3.8, 4) is 11.5 Å². The molecule has 3 rings (SSSR count). The summed E-state index contributed by atoms with van der Waals surface area (Å²) in [6, 6.07) is 12.4. The van der Waals surface area contributed by atoms with Crippen molar-refractivity contribution in [1.82, 2.24) is 4.90 Å². The van der Waals surface area contributed by atoms with Crippen LogP contribution < -0.4 is 14.8 Å². The van der Waals surface area contributed by atoms with Gasteiger partial charge in [0.1, 0.15) is 11.5 Å². The molecule has 1 unspecified atom stereocenters. The van der Waals surface area contributed by atoms with Crippen LogP contribution in [0.4, 0.5) is 5.69 Å². The van der Waals surface area contributed by atoms with Crippen LogP contribution in [0.1, 0.15) is 29.3 Å². The van der Waals surface area contributed by atoms with E-state index in [4.69, 9.17) is 14.2 Å². The number of carbonyl (C=O) groups excluding carboxylic acids is 2. The van der Waals surface area contributed by atoms with Crippen molar-refractivity contribution in [2.45, 2.75) is 26.0 Å². The van der Waals surface area contributed by atoms with Gasteiger partial charge >= 0.3 is 0 Å². The number of hydrogen-bond donors (Lipinski definition) is 1. The van der Waals surface area contributed by atoms with E-state index in [1.165, 1.54) is 7.11 Å². The molecule has 2 aromatic rings. The molecule has 0 saturated heterocycles. The molecule has 0 radical (unpaired) electrons. The Balaban J connectivity index is 1.80. The molecular weight excluding hydrogens is 372 g/mol. The van der Waals surface area contributed by atoms with Gasteiger partial charge in [0.05, 0.1) is 12.7 Å². The molecule has 7 heteroatoms. The van der Waals surface area contributed by atoms with Gasteiger partial charge in [-0.25, -0.2) is 0 Å². The monoisotopic (exact) mass is 398 g/mol. The molecule has 0 fully saturated rings. The zero-order chi connectivity index (χ0) is 20.8. The summed E-state index contributed by atoms with van der Waals surface area (Å²) in [7, 11) is 3.17. The van der Waals surface area contributed by atoms with Crippen LogP contribution in [0.25, 0.3) is 0 Å². The molecule has 1 N–H and O–H groups in total. The Kier molecular flexibility index (Phi) is 6.72. The van der Waals surface area contributed by atoms with Crippen molar-refractivity contribution in [3.05, 3.63) is 53.6 Å². The molecule has 1 aliphatic rings. The van der Waals surface area contributed by atoms with E-state index in [0.29, 0.717) is 42.4 Å². The molecule has 0 bridgehead atoms. The standard InChI is InChI=1S/C22H26N2O5/c1-15-22(26)24(11-6-12-27-2)14-16-13-17(9-10-19(16)29-15)23-21(25)18-7-4-5-8-20(18)28-3/h4-5,7-10,13,15H,6,11-12,14H2,1-3H3,(H,23,25). The number of fused-ring (bicyclic) bond motifs is 1. The summed E-state index contributed by atoms with van der Waals surface area (Å²) in [5.41, 5.74) is 1.92. The van der Waals surface area contributed by atoms with Gasteiger partial charge < -0.3 is 24.4 Å². The van der Waals surface area contributed by atoms with Gasteiger partial charge in [-0.15, -0.1) is 0 Å². The summed E-state index contributed by atoms with van der Waals surface area (Å²) < 4.78 is 16.2. The van der Waals surface area contributed by atoms with Crippen LogP contribution in [0.3, 0.4) is 0 Å². The second-order valence-electron chi connectivity index (χ2n) is 6.84. The fourth-order valence-electron chi connectivity index (χ4n) is 3.30. The maximum absolute atomic E-state index is 12.7. The number of nitrogens with zero attached hydrogens (tertiary/aromatic N) is 1. The SMILES string of the molecule is COCCCN1Cc2cc(NC(=O)c3ccccc3OC)ccc2OC(C)C1=O. The van der Waals surface area contributed by atoms with E-state index in [2.05, 4.69) is 5.32 Å². The van der Waals surface area contributed by atoms with E-state index >= 15 is 0 Å². The quantitative estimate of drug-likeness (QED) is 0.726. The maximum atomic E-state index is 12.7. The number of hydrogen-bond acceptors (Lipinski definition) is 5. The molecule has 0 saturated carbocycles. The summed E-state index contributed by atoms with van der Waals surface area (Å²) >= 11 is 0. The van der Waals surface area contributed by atoms with Crippen LogP contribution in [0.15, 0.2) is 42.5 Å². The average molecular weight is 398 g/mol. The van der Waals surface area contributed by atoms with Gasteiger partial charge in [-0.2, -0.15) is 0 Å². The predicted molar refractivity (Wildman–Crippen MR) is 109 cm³/mol. The lowest BCUT2D eigenvalue weighted by Crippen LogP contribution is -2.38. The minimum absolute atomic E-state index is 0.0584. The van der Waals surface area contributed by atoms with Crippen molar-refractivity contribution in [2.24, 2.45) is 0 Å². The number of carbonyl (C=O) groups is 2. The Morgan fingerprint density at radius 2 is 2.03 bits per heavy atom. The Morgan fingerprint density at radius 3 is 2.79 bits per heavy atom. The molecular formula is C22H26N2O5. The largest absolute Gasteiger partial charge is 0.496 e. The molecule has 2 aromatic carbocycles. The second kappa shape index (κ2) is 9.43. The van der Waals surface area contributed by atoms with E-state index in [0.717, 1.165) is 12.0 Å². The van der Waals surface area contributed by atoms with E-state index in [9.17, 15) is 9.59 Å². The number of anilines is 1. The molecule has 29 heavy (non-hydrogen) atoms. The topological polar surface area (TPSA) is 77.1 Å². The van der Waals surface area contributed by atoms with E-state index in [1.54, 1.807) is 49.3 Å². The Hall–Kier alpha value is -3.06. The zero-order valence-electron chi connectivity index (χ0n) is 16.9. The normalized spacial score (nSPS) is 15.9. The number of para-hydroxylation sites is 1. The molecule has 7 nitrogen and oxygen atoms in total. The number of nitrogens with one attached hydrogen (secondary N) is 1. The first kappa shape index (κ1) is 20.7. The minimum atomic E-state index is -0.562. The van der Waals surface area contributed by atoms with Gasteiger partial charge in [0.2, 0.25) is 0 Å². The fraction of sp³-hybridized carbons (Fsp3) is 0.364. The third-order valence-electron chi connectivity index (χ3n) is 4.77. The summed E-state index contributed by atoms with van der Waals surface area (Å²) in [4.78, 5) is 27.0. The third kappa shape index (κ3) is 4.86. The molecule has 1 heterocycles. The number of methoxy groups -OCH3 is 2. The first-order valence-electron chi connectivity index (χ1n) is 9.55. The molecule has 2 amide bonds. The molecule has 0 aromatic heterocycles. The van der Waals surface area contributed by atoms with Crippen molar-refractivity contribution in [3.63, 3.8) is 0 Å². The highest BCUT2D eigenvalue weighted by Gasteiger charge is 2.27. The maximum Gasteiger partial charge on any atom is 0.263 e. The predicted octanol–water partition coefficient (Wildman–Crippen LogP) is 3.09. The van der Waals surface area contributed by atoms with Gasteiger partial charge in [0, 0.05) is 38.1 Å². The third-order valence-corrected chi connectivity index (χ3v) is 4.77. The summed E-state index contributed by atoms with van der Waals surface area (Å²) in [5, 5.41) is 2.90. The van der Waals surface area contributed by atoms with Gasteiger partial charge in [0.25, 0.3) is 11.8 Å². The zero-order valence-corrected chi connectivity index (χ0v) is 16.9. The van der Waals surface area contributed by atoms with E-state index < -0.39 is 6.10 Å². The number of benzene rings is 2. The molecule has 1 atom stereocenters. The van der Waals surface area contributed by atoms with Gasteiger partial charge in [-0.1, -0.05) is 12.1 Å². The Morgan fingerprint density at radius 1 is 1.24 bits per heavy atom. The Bertz CT molecular complexity index is 883. The lowest BCUT2D eigenvalue weighted by Gasteiger charge is -2.22. The highest BCUT2D eigenvalue weighted by Crippen LogP contribution is 2.29. The highest BCUT2D eigenvalue weighted by atomic mass is 16.5. The molecule has 0 spiro atoms. The van der Waals surface area contributed by atoms with E-state index in [1.807, 2.05) is 12.1 Å². The van der Waals surface area contributed by atoms with Crippen molar-refractivity contribution in [1.29, 1.82) is 0 Å². The van der Waals surface area contributed by atoms with Gasteiger partial charge in [0.15, 0.2) is 6.10 Å². The molecule has 0 aliphatic carbocycles. The first-order valence-corrected chi connectivity index (χ1v) is 9.55. The number of ether oxygens (including phenoxy) is 3. The van der Waals surface area contributed by atoms with Crippen LogP contribution in [-0.4, -0.2) is 50.2 Å². The number of rotatable bonds is 7. The fourth-order valence-corrected chi connectivity index (χ4v) is 3.30. The van der Waals surface area contributed by atoms with Crippen LogP contribution in [-0.2, 0) is 16.1 Å². The van der Waals surface area contributed by atoms with Crippen LogP contribution in [0, 0.1) is 0 Å². The van der Waals surface area contributed by atoms with Crippen LogP contribution in [0.2, 0.25) is 0 Å². The lowest BCUT2D eigenvalue weighted by molar-refractivity contribution is -0.137. The number of amides is 2. The van der Waals surface area contributed by atoms with E-state index in [-0.39, 0.29) is 11.8 Å². The molecule has 1 aliphatic heterocycles. The second-order valence-corrected chi connectivity index (χ2v) is 6.84. The summed E-state index contributed by atoms with van der Waals surface area (Å²) in [5.74, 6) is 0.831. The smallest absolute Gasteiger partial charge is 0.263 e. The summed E-state index contributed by atoms with van der Waals surface area (Å²) in [6.45, 7) is 3.33. The van der Waals surface area contributed by atoms with Crippen molar-refractivity contribution >= 4 is 17.5 Å². The Labute approximate surface area is 170 Å². The van der Waals surface area contributed by atoms with Gasteiger partial charge in [-0.05, 0) is 43.7 Å². The minimum Gasteiger partial charge on any atom is -0.496 e. The highest BCUT2D eigenvalue weighted by molar-refractivity contribution is 6.06.